The van der Waals surface area contributed by atoms with Crippen molar-refractivity contribution in [1.29, 1.82) is 0 Å². The van der Waals surface area contributed by atoms with Crippen molar-refractivity contribution < 1.29 is 19.2 Å². The Morgan fingerprint density at radius 1 is 1.35 bits per heavy atom. The van der Waals surface area contributed by atoms with E-state index in [0.717, 1.165) is 19.4 Å². The van der Waals surface area contributed by atoms with E-state index in [2.05, 4.69) is 5.32 Å². The molecule has 146 valence electrons. The fourth-order valence-electron chi connectivity index (χ4n) is 3.10. The Bertz CT molecular complexity index is 633. The van der Waals surface area contributed by atoms with Crippen molar-refractivity contribution in [3.05, 3.63) is 27.8 Å². The third-order valence-corrected chi connectivity index (χ3v) is 4.40. The number of amides is 1. The summed E-state index contributed by atoms with van der Waals surface area (Å²) in [6, 6.07) is 2.68. The van der Waals surface area contributed by atoms with Crippen LogP contribution in [0.1, 0.15) is 30.1 Å². The Balaban J connectivity index is 0.00000338. The lowest BCUT2D eigenvalue weighted by atomic mass is 9.96. The zero-order chi connectivity index (χ0) is 18.4. The summed E-state index contributed by atoms with van der Waals surface area (Å²) in [5, 5.41) is 14.6. The molecule has 2 rings (SSSR count). The predicted octanol–water partition coefficient (Wildman–Crippen LogP) is 2.50. The fourth-order valence-corrected chi connectivity index (χ4v) is 3.10. The molecule has 1 aromatic carbocycles. The van der Waals surface area contributed by atoms with E-state index >= 15 is 0 Å². The van der Waals surface area contributed by atoms with Crippen LogP contribution in [0, 0.1) is 16.0 Å². The van der Waals surface area contributed by atoms with Crippen LogP contribution in [0.25, 0.3) is 0 Å². The SMILES string of the molecule is CCOc1cc([N+](=O)[O-])c(C(=O)N2CCC(CNC)CC2)cc1OC.Cl. The Hall–Kier alpha value is -2.06. The van der Waals surface area contributed by atoms with Crippen molar-refractivity contribution in [2.24, 2.45) is 5.92 Å². The van der Waals surface area contributed by atoms with Gasteiger partial charge in [-0.2, -0.15) is 0 Å². The number of hydrogen-bond donors (Lipinski definition) is 1. The Morgan fingerprint density at radius 2 is 2.00 bits per heavy atom. The maximum Gasteiger partial charge on any atom is 0.286 e. The summed E-state index contributed by atoms with van der Waals surface area (Å²) >= 11 is 0. The molecule has 1 aromatic rings. The summed E-state index contributed by atoms with van der Waals surface area (Å²) in [6.07, 6.45) is 1.77. The molecule has 0 bridgehead atoms. The highest BCUT2D eigenvalue weighted by Crippen LogP contribution is 2.35. The molecule has 26 heavy (non-hydrogen) atoms. The van der Waals surface area contributed by atoms with Crippen LogP contribution < -0.4 is 14.8 Å². The van der Waals surface area contributed by atoms with E-state index in [1.807, 2.05) is 7.05 Å². The second-order valence-corrected chi connectivity index (χ2v) is 6.00. The molecular formula is C17H26ClN3O5. The van der Waals surface area contributed by atoms with Gasteiger partial charge < -0.3 is 19.7 Å². The largest absolute Gasteiger partial charge is 0.493 e. The number of nitro groups is 1. The van der Waals surface area contributed by atoms with Gasteiger partial charge in [0, 0.05) is 19.2 Å². The van der Waals surface area contributed by atoms with Crippen molar-refractivity contribution in [3.8, 4) is 11.5 Å². The van der Waals surface area contributed by atoms with Crippen molar-refractivity contribution in [2.75, 3.05) is 40.4 Å². The number of likely N-dealkylation sites (tertiary alicyclic amines) is 1. The molecule has 1 aliphatic rings. The first-order chi connectivity index (χ1) is 12.0. The summed E-state index contributed by atoms with van der Waals surface area (Å²) in [5.41, 5.74) is -0.219. The van der Waals surface area contributed by atoms with Gasteiger partial charge in [-0.05, 0) is 39.3 Å². The predicted molar refractivity (Wildman–Crippen MR) is 101 cm³/mol. The molecule has 1 aliphatic heterocycles. The Kier molecular flexibility index (Phi) is 8.60. The Morgan fingerprint density at radius 3 is 2.50 bits per heavy atom. The van der Waals surface area contributed by atoms with E-state index in [0.29, 0.717) is 31.4 Å². The first-order valence-corrected chi connectivity index (χ1v) is 8.44. The molecule has 0 unspecified atom stereocenters. The van der Waals surface area contributed by atoms with Crippen LogP contribution in [-0.2, 0) is 0 Å². The van der Waals surface area contributed by atoms with Crippen molar-refractivity contribution >= 4 is 24.0 Å². The number of carbonyl (C=O) groups excluding carboxylic acids is 1. The maximum atomic E-state index is 12.8. The van der Waals surface area contributed by atoms with Crippen LogP contribution >= 0.6 is 12.4 Å². The summed E-state index contributed by atoms with van der Waals surface area (Å²) in [6.45, 7) is 4.23. The molecule has 9 heteroatoms. The minimum Gasteiger partial charge on any atom is -0.493 e. The molecule has 1 fully saturated rings. The molecule has 0 aliphatic carbocycles. The molecule has 1 amide bonds. The lowest BCUT2D eigenvalue weighted by Crippen LogP contribution is -2.40. The molecule has 0 spiro atoms. The number of methoxy groups -OCH3 is 1. The minimum atomic E-state index is -0.553. The first-order valence-electron chi connectivity index (χ1n) is 8.44. The van der Waals surface area contributed by atoms with E-state index in [4.69, 9.17) is 9.47 Å². The highest BCUT2D eigenvalue weighted by molar-refractivity contribution is 5.99. The number of nitrogens with zero attached hydrogens (tertiary/aromatic N) is 2. The monoisotopic (exact) mass is 387 g/mol. The molecule has 1 saturated heterocycles. The molecule has 0 radical (unpaired) electrons. The van der Waals surface area contributed by atoms with Gasteiger partial charge in [0.1, 0.15) is 5.56 Å². The average Bonchev–Trinajstić information content (AvgIpc) is 2.62. The molecule has 1 heterocycles. The molecule has 0 saturated carbocycles. The van der Waals surface area contributed by atoms with Gasteiger partial charge in [-0.25, -0.2) is 0 Å². The summed E-state index contributed by atoms with van der Waals surface area (Å²) in [4.78, 5) is 25.4. The standard InChI is InChI=1S/C17H25N3O5.ClH/c1-4-25-16-10-14(20(22)23)13(9-15(16)24-3)17(21)19-7-5-12(6-8-19)11-18-2;/h9-10,12,18H,4-8,11H2,1-3H3;1H. The van der Waals surface area contributed by atoms with E-state index in [9.17, 15) is 14.9 Å². The number of ether oxygens (including phenoxy) is 2. The second-order valence-electron chi connectivity index (χ2n) is 6.00. The average molecular weight is 388 g/mol. The summed E-state index contributed by atoms with van der Waals surface area (Å²) in [5.74, 6) is 0.775. The summed E-state index contributed by atoms with van der Waals surface area (Å²) < 4.78 is 10.6. The lowest BCUT2D eigenvalue weighted by molar-refractivity contribution is -0.385. The van der Waals surface area contributed by atoms with Gasteiger partial charge in [0.05, 0.1) is 24.7 Å². The highest BCUT2D eigenvalue weighted by atomic mass is 35.5. The van der Waals surface area contributed by atoms with Crippen molar-refractivity contribution in [2.45, 2.75) is 19.8 Å². The van der Waals surface area contributed by atoms with Gasteiger partial charge >= 0.3 is 0 Å². The molecule has 1 N–H and O–H groups in total. The van der Waals surface area contributed by atoms with E-state index in [1.165, 1.54) is 19.2 Å². The molecule has 0 atom stereocenters. The maximum absolute atomic E-state index is 12.8. The smallest absolute Gasteiger partial charge is 0.286 e. The van der Waals surface area contributed by atoms with Gasteiger partial charge in [-0.3, -0.25) is 14.9 Å². The lowest BCUT2D eigenvalue weighted by Gasteiger charge is -2.32. The second kappa shape index (κ2) is 10.2. The van der Waals surface area contributed by atoms with Crippen LogP contribution in [0.15, 0.2) is 12.1 Å². The van der Waals surface area contributed by atoms with Crippen LogP contribution in [0.4, 0.5) is 5.69 Å². The topological polar surface area (TPSA) is 93.9 Å². The van der Waals surface area contributed by atoms with Crippen LogP contribution in [0.5, 0.6) is 11.5 Å². The van der Waals surface area contributed by atoms with E-state index in [-0.39, 0.29) is 35.3 Å². The van der Waals surface area contributed by atoms with Crippen LogP contribution in [0.2, 0.25) is 0 Å². The first kappa shape index (κ1) is 22.0. The van der Waals surface area contributed by atoms with Crippen molar-refractivity contribution in [3.63, 3.8) is 0 Å². The third-order valence-electron chi connectivity index (χ3n) is 4.40. The van der Waals surface area contributed by atoms with Gasteiger partial charge in [-0.15, -0.1) is 12.4 Å². The van der Waals surface area contributed by atoms with E-state index in [1.54, 1.807) is 11.8 Å². The zero-order valence-corrected chi connectivity index (χ0v) is 16.1. The zero-order valence-electron chi connectivity index (χ0n) is 15.3. The quantitative estimate of drug-likeness (QED) is 0.570. The van der Waals surface area contributed by atoms with Gasteiger partial charge in [0.15, 0.2) is 11.5 Å². The number of nitrogens with one attached hydrogen (secondary N) is 1. The normalized spacial score (nSPS) is 14.5. The highest BCUT2D eigenvalue weighted by Gasteiger charge is 2.30. The number of benzene rings is 1. The Labute approximate surface area is 159 Å². The van der Waals surface area contributed by atoms with Gasteiger partial charge in [-0.1, -0.05) is 0 Å². The number of rotatable bonds is 7. The molecule has 8 nitrogen and oxygen atoms in total. The number of carbonyl (C=O) groups is 1. The van der Waals surface area contributed by atoms with Gasteiger partial charge in [0.25, 0.3) is 11.6 Å². The molecule has 0 aromatic heterocycles. The number of piperidine rings is 1. The number of nitro benzene ring substituents is 1. The van der Waals surface area contributed by atoms with E-state index < -0.39 is 4.92 Å². The van der Waals surface area contributed by atoms with Crippen LogP contribution in [0.3, 0.4) is 0 Å². The minimum absolute atomic E-state index is 0. The van der Waals surface area contributed by atoms with Crippen molar-refractivity contribution in [1.82, 2.24) is 10.2 Å². The fraction of sp³-hybridized carbons (Fsp3) is 0.588. The van der Waals surface area contributed by atoms with Gasteiger partial charge in [0.2, 0.25) is 0 Å². The molecular weight excluding hydrogens is 362 g/mol. The van der Waals surface area contributed by atoms with Crippen LogP contribution in [-0.4, -0.2) is 56.1 Å². The third kappa shape index (κ3) is 4.98. The number of hydrogen-bond acceptors (Lipinski definition) is 6. The number of halogens is 1. The summed E-state index contributed by atoms with van der Waals surface area (Å²) in [7, 11) is 3.36.